The third kappa shape index (κ3) is 4.09. The highest BCUT2D eigenvalue weighted by atomic mass is 35.5. The summed E-state index contributed by atoms with van der Waals surface area (Å²) in [7, 11) is 0. The molecule has 2 heterocycles. The fourth-order valence-electron chi connectivity index (χ4n) is 2.15. The highest BCUT2D eigenvalue weighted by Gasteiger charge is 2.12. The summed E-state index contributed by atoms with van der Waals surface area (Å²) < 4.78 is 0.802. The van der Waals surface area contributed by atoms with Crippen molar-refractivity contribution in [2.24, 2.45) is 0 Å². The van der Waals surface area contributed by atoms with E-state index >= 15 is 0 Å². The van der Waals surface area contributed by atoms with Gasteiger partial charge in [-0.05, 0) is 36.0 Å². The highest BCUT2D eigenvalue weighted by molar-refractivity contribution is 7.16. The number of benzene rings is 1. The first-order valence-electron chi connectivity index (χ1n) is 7.15. The molecule has 0 atom stereocenters. The average Bonchev–Trinajstić information content (AvgIpc) is 3.16. The molecule has 0 amide bonds. The number of halogens is 2. The maximum Gasteiger partial charge on any atom is 0.206 e. The summed E-state index contributed by atoms with van der Waals surface area (Å²) >= 11 is 13.7. The summed E-state index contributed by atoms with van der Waals surface area (Å²) in [6, 6.07) is 11.4. The Kier molecular flexibility index (Phi) is 5.27. The van der Waals surface area contributed by atoms with Gasteiger partial charge in [0.2, 0.25) is 5.82 Å². The van der Waals surface area contributed by atoms with E-state index < -0.39 is 0 Å². The molecule has 0 fully saturated rings. The Morgan fingerprint density at radius 3 is 2.70 bits per heavy atom. The van der Waals surface area contributed by atoms with E-state index in [0.717, 1.165) is 23.0 Å². The number of rotatable bonds is 6. The zero-order valence-corrected chi connectivity index (χ0v) is 14.8. The zero-order chi connectivity index (χ0) is 16.2. The van der Waals surface area contributed by atoms with Crippen LogP contribution >= 0.6 is 34.5 Å². The number of hydrogen-bond donors (Lipinski definition) is 0. The normalized spacial score (nSPS) is 11.3. The molecule has 5 nitrogen and oxygen atoms in total. The Morgan fingerprint density at radius 1 is 1.17 bits per heavy atom. The van der Waals surface area contributed by atoms with Crippen molar-refractivity contribution in [2.75, 3.05) is 6.54 Å². The van der Waals surface area contributed by atoms with E-state index in [1.165, 1.54) is 4.88 Å². The van der Waals surface area contributed by atoms with Crippen LogP contribution in [-0.2, 0) is 13.2 Å². The minimum Gasteiger partial charge on any atom is -0.278 e. The SMILES string of the molecule is CCN(Cc1ccc(Cl)s1)Cn1nnc(-c2ccccc2Cl)n1. The summed E-state index contributed by atoms with van der Waals surface area (Å²) in [5.74, 6) is 0.533. The number of thiophene rings is 1. The zero-order valence-electron chi connectivity index (χ0n) is 12.5. The van der Waals surface area contributed by atoms with E-state index in [1.807, 2.05) is 36.4 Å². The van der Waals surface area contributed by atoms with Crippen LogP contribution in [0.1, 0.15) is 11.8 Å². The van der Waals surface area contributed by atoms with Crippen molar-refractivity contribution in [3.8, 4) is 11.4 Å². The van der Waals surface area contributed by atoms with Gasteiger partial charge in [0.1, 0.15) is 6.67 Å². The van der Waals surface area contributed by atoms with Crippen LogP contribution in [0.2, 0.25) is 9.36 Å². The van der Waals surface area contributed by atoms with E-state index in [-0.39, 0.29) is 0 Å². The second kappa shape index (κ2) is 7.40. The van der Waals surface area contributed by atoms with Gasteiger partial charge in [-0.25, -0.2) is 0 Å². The van der Waals surface area contributed by atoms with Crippen molar-refractivity contribution in [1.82, 2.24) is 25.1 Å². The molecule has 0 N–H and O–H groups in total. The standard InChI is InChI=1S/C15H15Cl2N5S/c1-2-21(9-11-7-8-14(17)23-11)10-22-19-15(18-20-22)12-5-3-4-6-13(12)16/h3-8H,2,9-10H2,1H3. The van der Waals surface area contributed by atoms with Gasteiger partial charge in [-0.15, -0.1) is 26.3 Å². The number of hydrogen-bond acceptors (Lipinski definition) is 5. The van der Waals surface area contributed by atoms with E-state index in [4.69, 9.17) is 23.2 Å². The molecule has 0 saturated carbocycles. The molecule has 120 valence electrons. The number of aromatic nitrogens is 4. The van der Waals surface area contributed by atoms with Crippen LogP contribution in [0.15, 0.2) is 36.4 Å². The highest BCUT2D eigenvalue weighted by Crippen LogP contribution is 2.24. The molecule has 0 unspecified atom stereocenters. The topological polar surface area (TPSA) is 46.8 Å². The fourth-order valence-corrected chi connectivity index (χ4v) is 3.50. The van der Waals surface area contributed by atoms with Crippen LogP contribution in [0, 0.1) is 0 Å². The van der Waals surface area contributed by atoms with Crippen LogP contribution < -0.4 is 0 Å². The maximum atomic E-state index is 6.17. The van der Waals surface area contributed by atoms with Gasteiger partial charge >= 0.3 is 0 Å². The summed E-state index contributed by atoms with van der Waals surface area (Å²) in [6.07, 6.45) is 0. The summed E-state index contributed by atoms with van der Waals surface area (Å²) in [6.45, 7) is 4.33. The van der Waals surface area contributed by atoms with Gasteiger partial charge in [0.05, 0.1) is 9.36 Å². The second-order valence-electron chi connectivity index (χ2n) is 4.96. The number of nitrogens with zero attached hydrogens (tertiary/aromatic N) is 5. The Hall–Kier alpha value is -1.47. The van der Waals surface area contributed by atoms with Gasteiger partial charge in [-0.1, -0.05) is 42.3 Å². The van der Waals surface area contributed by atoms with Gasteiger partial charge < -0.3 is 0 Å². The lowest BCUT2D eigenvalue weighted by atomic mass is 10.2. The Labute approximate surface area is 148 Å². The molecular formula is C15H15Cl2N5S. The molecule has 2 aromatic heterocycles. The largest absolute Gasteiger partial charge is 0.278 e. The average molecular weight is 368 g/mol. The van der Waals surface area contributed by atoms with Crippen molar-refractivity contribution in [3.05, 3.63) is 50.6 Å². The molecule has 0 aliphatic carbocycles. The number of tetrazole rings is 1. The molecule has 0 aliphatic heterocycles. The molecular weight excluding hydrogens is 353 g/mol. The molecule has 23 heavy (non-hydrogen) atoms. The molecule has 0 bridgehead atoms. The molecule has 3 rings (SSSR count). The summed E-state index contributed by atoms with van der Waals surface area (Å²) in [4.78, 5) is 5.00. The molecule has 0 radical (unpaired) electrons. The predicted octanol–water partition coefficient (Wildman–Crippen LogP) is 4.19. The van der Waals surface area contributed by atoms with Gasteiger partial charge in [0.25, 0.3) is 0 Å². The van der Waals surface area contributed by atoms with Crippen LogP contribution in [0.5, 0.6) is 0 Å². The molecule has 8 heteroatoms. The minimum absolute atomic E-state index is 0.533. The molecule has 0 saturated heterocycles. The van der Waals surface area contributed by atoms with Gasteiger partial charge in [0, 0.05) is 17.0 Å². The van der Waals surface area contributed by atoms with Crippen LogP contribution in [-0.4, -0.2) is 31.7 Å². The Balaban J connectivity index is 1.71. The van der Waals surface area contributed by atoms with Gasteiger partial charge in [0.15, 0.2) is 0 Å². The van der Waals surface area contributed by atoms with Crippen molar-refractivity contribution < 1.29 is 0 Å². The second-order valence-corrected chi connectivity index (χ2v) is 7.16. The van der Waals surface area contributed by atoms with Gasteiger partial charge in [-0.2, -0.15) is 0 Å². The van der Waals surface area contributed by atoms with Crippen LogP contribution in [0.4, 0.5) is 0 Å². The van der Waals surface area contributed by atoms with Crippen LogP contribution in [0.3, 0.4) is 0 Å². The Bertz CT molecular complexity index is 786. The lowest BCUT2D eigenvalue weighted by Crippen LogP contribution is -2.26. The fraction of sp³-hybridized carbons (Fsp3) is 0.267. The Morgan fingerprint density at radius 2 is 2.00 bits per heavy atom. The van der Waals surface area contributed by atoms with Crippen molar-refractivity contribution in [2.45, 2.75) is 20.1 Å². The smallest absolute Gasteiger partial charge is 0.206 e. The third-order valence-corrected chi connectivity index (χ3v) is 4.90. The van der Waals surface area contributed by atoms with Crippen molar-refractivity contribution in [3.63, 3.8) is 0 Å². The summed E-state index contributed by atoms with van der Waals surface area (Å²) in [5, 5.41) is 13.3. The van der Waals surface area contributed by atoms with Crippen molar-refractivity contribution in [1.29, 1.82) is 0 Å². The van der Waals surface area contributed by atoms with Gasteiger partial charge in [-0.3, -0.25) is 4.90 Å². The van der Waals surface area contributed by atoms with E-state index in [1.54, 1.807) is 16.1 Å². The first kappa shape index (κ1) is 16.4. The van der Waals surface area contributed by atoms with E-state index in [0.29, 0.717) is 17.5 Å². The monoisotopic (exact) mass is 367 g/mol. The van der Waals surface area contributed by atoms with E-state index in [9.17, 15) is 0 Å². The predicted molar refractivity (Wildman–Crippen MR) is 93.7 cm³/mol. The molecule has 3 aromatic rings. The molecule has 1 aromatic carbocycles. The molecule has 0 aliphatic rings. The van der Waals surface area contributed by atoms with E-state index in [2.05, 4.69) is 27.2 Å². The third-order valence-electron chi connectivity index (χ3n) is 3.35. The first-order valence-corrected chi connectivity index (χ1v) is 8.72. The lowest BCUT2D eigenvalue weighted by molar-refractivity contribution is 0.195. The van der Waals surface area contributed by atoms with Crippen molar-refractivity contribution >= 4 is 34.5 Å². The summed E-state index contributed by atoms with van der Waals surface area (Å²) in [5.41, 5.74) is 0.786. The quantitative estimate of drug-likeness (QED) is 0.655. The van der Waals surface area contributed by atoms with Crippen LogP contribution in [0.25, 0.3) is 11.4 Å². The minimum atomic E-state index is 0.533. The maximum absolute atomic E-state index is 6.17. The first-order chi connectivity index (χ1) is 11.2. The molecule has 0 spiro atoms. The lowest BCUT2D eigenvalue weighted by Gasteiger charge is -2.17.